The van der Waals surface area contributed by atoms with Gasteiger partial charge in [-0.25, -0.2) is 0 Å². The quantitative estimate of drug-likeness (QED) is 0.424. The number of rotatable bonds is 5. The van der Waals surface area contributed by atoms with Crippen molar-refractivity contribution in [1.29, 1.82) is 0 Å². The van der Waals surface area contributed by atoms with Crippen LogP contribution in [0.25, 0.3) is 0 Å². The second kappa shape index (κ2) is 5.34. The highest BCUT2D eigenvalue weighted by molar-refractivity contribution is 5.55. The molecule has 0 rings (SSSR count). The zero-order valence-corrected chi connectivity index (χ0v) is 6.11. The van der Waals surface area contributed by atoms with E-state index in [2.05, 4.69) is 0 Å². The molecule has 0 bridgehead atoms. The van der Waals surface area contributed by atoms with Gasteiger partial charge in [0.1, 0.15) is 12.4 Å². The lowest BCUT2D eigenvalue weighted by Gasteiger charge is -2.13. The minimum atomic E-state index is -0.995. The van der Waals surface area contributed by atoms with Gasteiger partial charge in [-0.15, -0.1) is 0 Å². The van der Waals surface area contributed by atoms with Gasteiger partial charge >= 0.3 is 0 Å². The van der Waals surface area contributed by atoms with Crippen molar-refractivity contribution in [2.75, 3.05) is 14.2 Å². The molecule has 0 aliphatic carbocycles. The number of aliphatic hydroxyl groups excluding tert-OH is 1. The van der Waals surface area contributed by atoms with E-state index in [1.807, 2.05) is 0 Å². The fraction of sp³-hybridized carbons (Fsp3) is 0.833. The van der Waals surface area contributed by atoms with Crippen LogP contribution in [0.15, 0.2) is 0 Å². The minimum absolute atomic E-state index is 0.177. The zero-order chi connectivity index (χ0) is 7.98. The maximum absolute atomic E-state index is 9.91. The summed E-state index contributed by atoms with van der Waals surface area (Å²) in [6, 6.07) is 0. The Kier molecular flexibility index (Phi) is 5.10. The van der Waals surface area contributed by atoms with E-state index in [1.165, 1.54) is 14.2 Å². The van der Waals surface area contributed by atoms with Crippen LogP contribution in [-0.2, 0) is 14.3 Å². The molecule has 0 aromatic carbocycles. The van der Waals surface area contributed by atoms with Crippen LogP contribution in [-0.4, -0.2) is 38.0 Å². The number of methoxy groups -OCH3 is 2. The van der Waals surface area contributed by atoms with Crippen LogP contribution >= 0.6 is 0 Å². The third kappa shape index (κ3) is 3.55. The number of ether oxygens (including phenoxy) is 2. The summed E-state index contributed by atoms with van der Waals surface area (Å²) in [6.45, 7) is 0. The van der Waals surface area contributed by atoms with E-state index < -0.39 is 12.4 Å². The highest BCUT2D eigenvalue weighted by atomic mass is 16.7. The molecule has 1 N–H and O–H groups in total. The smallest absolute Gasteiger partial charge is 0.159 e. The van der Waals surface area contributed by atoms with Gasteiger partial charge in [0.2, 0.25) is 0 Å². The molecule has 4 heteroatoms. The second-order valence-corrected chi connectivity index (χ2v) is 1.84. The first-order chi connectivity index (χ1) is 4.74. The standard InChI is InChI=1S/C6H12O4/c1-9-6(10-2)3-5(8)4-7/h4-6,8H,3H2,1-2H3/t5-/m0/s1. The van der Waals surface area contributed by atoms with Crippen molar-refractivity contribution >= 4 is 6.29 Å². The van der Waals surface area contributed by atoms with Gasteiger partial charge in [0.15, 0.2) is 6.29 Å². The molecule has 4 nitrogen and oxygen atoms in total. The predicted octanol–water partition coefficient (Wildman–Crippen LogP) is -0.445. The van der Waals surface area contributed by atoms with Crippen molar-refractivity contribution < 1.29 is 19.4 Å². The molecule has 1 atom stereocenters. The third-order valence-corrected chi connectivity index (χ3v) is 1.12. The molecular formula is C6H12O4. The Morgan fingerprint density at radius 1 is 1.50 bits per heavy atom. The summed E-state index contributed by atoms with van der Waals surface area (Å²) in [4.78, 5) is 9.91. The van der Waals surface area contributed by atoms with E-state index in [0.29, 0.717) is 6.29 Å². The maximum Gasteiger partial charge on any atom is 0.159 e. The molecule has 10 heavy (non-hydrogen) atoms. The van der Waals surface area contributed by atoms with Crippen molar-refractivity contribution in [3.05, 3.63) is 0 Å². The van der Waals surface area contributed by atoms with E-state index >= 15 is 0 Å². The third-order valence-electron chi connectivity index (χ3n) is 1.12. The molecule has 0 saturated carbocycles. The average molecular weight is 148 g/mol. The number of hydrogen-bond donors (Lipinski definition) is 1. The molecule has 0 aromatic rings. The summed E-state index contributed by atoms with van der Waals surface area (Å²) in [6.07, 6.45) is -0.869. The summed E-state index contributed by atoms with van der Waals surface area (Å²) in [5.41, 5.74) is 0. The van der Waals surface area contributed by atoms with E-state index in [0.717, 1.165) is 0 Å². The van der Waals surface area contributed by atoms with Gasteiger partial charge in [-0.05, 0) is 0 Å². The molecule has 0 aromatic heterocycles. The summed E-state index contributed by atoms with van der Waals surface area (Å²) in [5, 5.41) is 8.76. The fourth-order valence-corrected chi connectivity index (χ4v) is 0.541. The Balaban J connectivity index is 3.51. The summed E-state index contributed by atoms with van der Waals surface area (Å²) in [5.74, 6) is 0. The summed E-state index contributed by atoms with van der Waals surface area (Å²) >= 11 is 0. The first-order valence-corrected chi connectivity index (χ1v) is 2.93. The van der Waals surface area contributed by atoms with Gasteiger partial charge in [0, 0.05) is 20.6 Å². The minimum Gasteiger partial charge on any atom is -0.385 e. The maximum atomic E-state index is 9.91. The lowest BCUT2D eigenvalue weighted by molar-refractivity contribution is -0.134. The molecule has 60 valence electrons. The lowest BCUT2D eigenvalue weighted by atomic mass is 10.3. The largest absolute Gasteiger partial charge is 0.385 e. The monoisotopic (exact) mass is 148 g/mol. The van der Waals surface area contributed by atoms with Crippen molar-refractivity contribution in [1.82, 2.24) is 0 Å². The summed E-state index contributed by atoms with van der Waals surface area (Å²) < 4.78 is 9.46. The van der Waals surface area contributed by atoms with Gasteiger partial charge in [-0.1, -0.05) is 0 Å². The van der Waals surface area contributed by atoms with Crippen LogP contribution in [0.2, 0.25) is 0 Å². The zero-order valence-electron chi connectivity index (χ0n) is 6.11. The number of aldehydes is 1. The fourth-order valence-electron chi connectivity index (χ4n) is 0.541. The van der Waals surface area contributed by atoms with E-state index in [1.54, 1.807) is 0 Å². The highest BCUT2D eigenvalue weighted by Crippen LogP contribution is 1.99. The van der Waals surface area contributed by atoms with Crippen molar-refractivity contribution in [3.63, 3.8) is 0 Å². The van der Waals surface area contributed by atoms with E-state index in [-0.39, 0.29) is 6.42 Å². The van der Waals surface area contributed by atoms with Gasteiger partial charge in [0.05, 0.1) is 0 Å². The molecule has 0 saturated heterocycles. The van der Waals surface area contributed by atoms with Crippen LogP contribution in [0.5, 0.6) is 0 Å². The van der Waals surface area contributed by atoms with Gasteiger partial charge < -0.3 is 19.4 Å². The lowest BCUT2D eigenvalue weighted by Crippen LogP contribution is -2.21. The number of aliphatic hydroxyl groups is 1. The molecule has 0 spiro atoms. The Morgan fingerprint density at radius 2 is 2.00 bits per heavy atom. The molecule has 0 unspecified atom stereocenters. The Morgan fingerprint density at radius 3 is 2.30 bits per heavy atom. The van der Waals surface area contributed by atoms with Gasteiger partial charge in [-0.3, -0.25) is 0 Å². The number of hydrogen-bond acceptors (Lipinski definition) is 4. The van der Waals surface area contributed by atoms with Crippen LogP contribution in [0, 0.1) is 0 Å². The van der Waals surface area contributed by atoms with Crippen LogP contribution in [0.3, 0.4) is 0 Å². The van der Waals surface area contributed by atoms with Crippen molar-refractivity contribution in [3.8, 4) is 0 Å². The van der Waals surface area contributed by atoms with Crippen molar-refractivity contribution in [2.24, 2.45) is 0 Å². The van der Waals surface area contributed by atoms with Crippen molar-refractivity contribution in [2.45, 2.75) is 18.8 Å². The first kappa shape index (κ1) is 9.55. The average Bonchev–Trinajstić information content (AvgIpc) is 1.99. The number of carbonyl (C=O) groups excluding carboxylic acids is 1. The normalized spacial score (nSPS) is 13.6. The van der Waals surface area contributed by atoms with Gasteiger partial charge in [-0.2, -0.15) is 0 Å². The molecule has 0 amide bonds. The molecular weight excluding hydrogens is 136 g/mol. The topological polar surface area (TPSA) is 55.8 Å². The van der Waals surface area contributed by atoms with E-state index in [4.69, 9.17) is 14.6 Å². The highest BCUT2D eigenvalue weighted by Gasteiger charge is 2.10. The molecule has 0 aliphatic heterocycles. The molecule has 0 heterocycles. The molecule has 0 fully saturated rings. The second-order valence-electron chi connectivity index (χ2n) is 1.84. The summed E-state index contributed by atoms with van der Waals surface area (Å²) in [7, 11) is 2.90. The van der Waals surface area contributed by atoms with Crippen LogP contribution < -0.4 is 0 Å². The Hall–Kier alpha value is -0.450. The van der Waals surface area contributed by atoms with Crippen LogP contribution in [0.4, 0.5) is 0 Å². The SMILES string of the molecule is COC(C[C@H](O)C=O)OC. The van der Waals surface area contributed by atoms with Crippen LogP contribution in [0.1, 0.15) is 6.42 Å². The Labute approximate surface area is 59.7 Å². The predicted molar refractivity (Wildman–Crippen MR) is 34.5 cm³/mol. The van der Waals surface area contributed by atoms with E-state index in [9.17, 15) is 4.79 Å². The molecule has 0 radical (unpaired) electrons. The Bertz CT molecular complexity index is 89.7. The number of carbonyl (C=O) groups is 1. The van der Waals surface area contributed by atoms with Gasteiger partial charge in [0.25, 0.3) is 0 Å². The first-order valence-electron chi connectivity index (χ1n) is 2.93. The molecule has 0 aliphatic rings.